The summed E-state index contributed by atoms with van der Waals surface area (Å²) in [4.78, 5) is 24.1. The number of rotatable bonds is 5. The molecule has 0 saturated heterocycles. The van der Waals surface area contributed by atoms with E-state index in [1.807, 2.05) is 0 Å². The molecule has 1 amide bonds. The average Bonchev–Trinajstić information content (AvgIpc) is 3.26. The molecule has 0 atom stereocenters. The molecule has 0 radical (unpaired) electrons. The molecule has 1 aromatic carbocycles. The summed E-state index contributed by atoms with van der Waals surface area (Å²) in [5.41, 5.74) is 0.533. The van der Waals surface area contributed by atoms with Gasteiger partial charge < -0.3 is 33.7 Å². The second kappa shape index (κ2) is 13.4. The van der Waals surface area contributed by atoms with Crippen LogP contribution in [0.4, 0.5) is 5.69 Å². The summed E-state index contributed by atoms with van der Waals surface area (Å²) in [5.74, 6) is 0.0201. The third kappa shape index (κ3) is 8.33. The molecule has 3 rings (SSSR count). The Morgan fingerprint density at radius 2 is 1.61 bits per heavy atom. The predicted octanol–water partition coefficient (Wildman–Crippen LogP) is 0.915. The zero-order valence-electron chi connectivity index (χ0n) is 18.5. The molecule has 1 aliphatic rings. The Morgan fingerprint density at radius 1 is 0.970 bits per heavy atom. The molecule has 0 spiro atoms. The fourth-order valence-electron chi connectivity index (χ4n) is 2.79. The zero-order valence-corrected chi connectivity index (χ0v) is 18.5. The van der Waals surface area contributed by atoms with E-state index in [2.05, 4.69) is 15.6 Å². The summed E-state index contributed by atoms with van der Waals surface area (Å²) in [6, 6.07) is 5.03. The Kier molecular flexibility index (Phi) is 9.88. The molecular weight excluding hydrogens is 436 g/mol. The summed E-state index contributed by atoms with van der Waals surface area (Å²) < 4.78 is 34.0. The molecule has 33 heavy (non-hydrogen) atoms. The predicted molar refractivity (Wildman–Crippen MR) is 114 cm³/mol. The number of nitrogens with one attached hydrogen (secondary N) is 1. The first-order chi connectivity index (χ1) is 16.2. The molecule has 2 heterocycles. The van der Waals surface area contributed by atoms with Crippen LogP contribution in [0.1, 0.15) is 17.4 Å². The number of aromatic nitrogens is 3. The quantitative estimate of drug-likeness (QED) is 0.637. The Labute approximate surface area is 191 Å². The van der Waals surface area contributed by atoms with Crippen LogP contribution in [0.2, 0.25) is 0 Å². The van der Waals surface area contributed by atoms with Gasteiger partial charge in [0.1, 0.15) is 19.8 Å². The zero-order chi connectivity index (χ0) is 23.3. The monoisotopic (exact) mass is 464 g/mol. The Bertz CT molecular complexity index is 904. The molecule has 2 aromatic rings. The molecule has 180 valence electrons. The van der Waals surface area contributed by atoms with Gasteiger partial charge in [0.2, 0.25) is 0 Å². The molecule has 0 fully saturated rings. The first kappa shape index (κ1) is 24.4. The fraction of sp³-hybridized carbons (Fsp3) is 0.524. The first-order valence-electron chi connectivity index (χ1n) is 10.7. The van der Waals surface area contributed by atoms with Crippen LogP contribution in [0.3, 0.4) is 0 Å². The number of anilines is 1. The molecule has 1 N–H and O–H groups in total. The maximum Gasteiger partial charge on any atom is 0.327 e. The van der Waals surface area contributed by atoms with Crippen molar-refractivity contribution in [3.05, 3.63) is 30.1 Å². The molecule has 0 unspecified atom stereocenters. The second-order valence-electron chi connectivity index (χ2n) is 6.76. The van der Waals surface area contributed by atoms with E-state index in [4.69, 9.17) is 28.4 Å². The van der Waals surface area contributed by atoms with Crippen molar-refractivity contribution in [3.63, 3.8) is 0 Å². The lowest BCUT2D eigenvalue weighted by molar-refractivity contribution is -0.144. The summed E-state index contributed by atoms with van der Waals surface area (Å²) in [7, 11) is 0. The van der Waals surface area contributed by atoms with Crippen molar-refractivity contribution in [2.75, 3.05) is 64.8 Å². The first-order valence-corrected chi connectivity index (χ1v) is 10.7. The van der Waals surface area contributed by atoms with Gasteiger partial charge >= 0.3 is 5.97 Å². The molecular formula is C21H28N4O8. The van der Waals surface area contributed by atoms with E-state index in [0.717, 1.165) is 0 Å². The maximum absolute atomic E-state index is 12.6. The molecule has 1 aromatic heterocycles. The highest BCUT2D eigenvalue weighted by molar-refractivity contribution is 6.02. The van der Waals surface area contributed by atoms with Gasteiger partial charge in [-0.1, -0.05) is 5.21 Å². The van der Waals surface area contributed by atoms with E-state index >= 15 is 0 Å². The van der Waals surface area contributed by atoms with Crippen LogP contribution in [0.5, 0.6) is 11.5 Å². The minimum atomic E-state index is -0.486. The van der Waals surface area contributed by atoms with Gasteiger partial charge in [0.05, 0.1) is 52.4 Å². The van der Waals surface area contributed by atoms with Gasteiger partial charge in [0.15, 0.2) is 17.2 Å². The van der Waals surface area contributed by atoms with Crippen molar-refractivity contribution in [1.29, 1.82) is 0 Å². The van der Waals surface area contributed by atoms with Gasteiger partial charge in [-0.25, -0.2) is 4.68 Å². The van der Waals surface area contributed by atoms with E-state index in [1.165, 1.54) is 10.9 Å². The number of esters is 1. The van der Waals surface area contributed by atoms with Crippen LogP contribution in [0.15, 0.2) is 24.4 Å². The summed E-state index contributed by atoms with van der Waals surface area (Å²) >= 11 is 0. The van der Waals surface area contributed by atoms with E-state index in [-0.39, 0.29) is 18.8 Å². The van der Waals surface area contributed by atoms with Gasteiger partial charge in [0.25, 0.3) is 5.91 Å². The number of benzene rings is 1. The normalized spacial score (nSPS) is 15.7. The number of carbonyl (C=O) groups excluding carboxylic acids is 2. The fourth-order valence-corrected chi connectivity index (χ4v) is 2.79. The number of amides is 1. The average molecular weight is 464 g/mol. The highest BCUT2D eigenvalue weighted by Gasteiger charge is 2.15. The molecule has 1 aliphatic heterocycles. The number of carbonyl (C=O) groups is 2. The van der Waals surface area contributed by atoms with E-state index < -0.39 is 11.9 Å². The topological polar surface area (TPSA) is 132 Å². The standard InChI is InChI=1S/C21H28N4O8/c1-2-31-20(26)15-25-14-17(23-24-25)21(27)22-16-3-4-18-19(13-16)33-12-10-30-8-6-28-5-7-29-9-11-32-18/h3-4,13-14H,2,5-12,15H2,1H3,(H,22,27). The lowest BCUT2D eigenvalue weighted by Crippen LogP contribution is -2.14. The van der Waals surface area contributed by atoms with Crippen LogP contribution in [-0.2, 0) is 30.3 Å². The van der Waals surface area contributed by atoms with E-state index in [9.17, 15) is 9.59 Å². The highest BCUT2D eigenvalue weighted by atomic mass is 16.6. The van der Waals surface area contributed by atoms with Crippen molar-refractivity contribution in [2.24, 2.45) is 0 Å². The number of hydrogen-bond acceptors (Lipinski definition) is 10. The minimum absolute atomic E-state index is 0.0559. The third-order valence-corrected chi connectivity index (χ3v) is 4.28. The van der Waals surface area contributed by atoms with Gasteiger partial charge in [-0.15, -0.1) is 5.10 Å². The number of hydrogen-bond donors (Lipinski definition) is 1. The lowest BCUT2D eigenvalue weighted by atomic mass is 10.2. The summed E-state index contributed by atoms with van der Waals surface area (Å²) in [5, 5.41) is 10.3. The van der Waals surface area contributed by atoms with Crippen molar-refractivity contribution in [3.8, 4) is 11.5 Å². The number of ether oxygens (including phenoxy) is 6. The largest absolute Gasteiger partial charge is 0.487 e. The summed E-state index contributed by atoms with van der Waals surface area (Å²) in [6.07, 6.45) is 1.37. The van der Waals surface area contributed by atoms with Crippen LogP contribution in [0.25, 0.3) is 0 Å². The smallest absolute Gasteiger partial charge is 0.327 e. The lowest BCUT2D eigenvalue weighted by Gasteiger charge is -2.14. The minimum Gasteiger partial charge on any atom is -0.487 e. The van der Waals surface area contributed by atoms with Crippen LogP contribution in [0, 0.1) is 0 Å². The highest BCUT2D eigenvalue weighted by Crippen LogP contribution is 2.31. The van der Waals surface area contributed by atoms with E-state index in [0.29, 0.717) is 70.0 Å². The van der Waals surface area contributed by atoms with Gasteiger partial charge in [-0.2, -0.15) is 0 Å². The maximum atomic E-state index is 12.6. The SMILES string of the molecule is CCOC(=O)Cn1cc(C(=O)Nc2ccc3c(c2)OCCOCCOCCOCCO3)nn1. The van der Waals surface area contributed by atoms with Crippen molar-refractivity contribution in [1.82, 2.24) is 15.0 Å². The molecule has 12 heteroatoms. The number of fused-ring (bicyclic) bond motifs is 1. The van der Waals surface area contributed by atoms with Gasteiger partial charge in [-0.05, 0) is 19.1 Å². The van der Waals surface area contributed by atoms with E-state index in [1.54, 1.807) is 25.1 Å². The molecule has 0 bridgehead atoms. The van der Waals surface area contributed by atoms with Crippen LogP contribution in [-0.4, -0.2) is 86.3 Å². The molecule has 0 saturated carbocycles. The third-order valence-electron chi connectivity index (χ3n) is 4.28. The second-order valence-corrected chi connectivity index (χ2v) is 6.76. The molecule has 12 nitrogen and oxygen atoms in total. The molecule has 0 aliphatic carbocycles. The van der Waals surface area contributed by atoms with Crippen molar-refractivity contribution >= 4 is 17.6 Å². The van der Waals surface area contributed by atoms with Crippen molar-refractivity contribution < 1.29 is 38.0 Å². The van der Waals surface area contributed by atoms with Gasteiger partial charge in [0, 0.05) is 11.8 Å². The Morgan fingerprint density at radius 3 is 2.27 bits per heavy atom. The summed E-state index contributed by atoms with van der Waals surface area (Å²) in [6.45, 7) is 5.16. The number of nitrogens with zero attached hydrogens (tertiary/aromatic N) is 3. The van der Waals surface area contributed by atoms with Crippen LogP contribution >= 0.6 is 0 Å². The Balaban J connectivity index is 1.62. The van der Waals surface area contributed by atoms with Crippen molar-refractivity contribution in [2.45, 2.75) is 13.5 Å². The van der Waals surface area contributed by atoms with Gasteiger partial charge in [-0.3, -0.25) is 9.59 Å². The Hall–Kier alpha value is -3.22. The van der Waals surface area contributed by atoms with Crippen LogP contribution < -0.4 is 14.8 Å².